The van der Waals surface area contributed by atoms with Crippen molar-refractivity contribution in [2.24, 2.45) is 0 Å². The number of carbonyl (C=O) groups is 1. The van der Waals surface area contributed by atoms with Crippen molar-refractivity contribution in [3.8, 4) is 0 Å². The zero-order valence-corrected chi connectivity index (χ0v) is 14.5. The van der Waals surface area contributed by atoms with Crippen LogP contribution in [-0.2, 0) is 25.8 Å². The molecule has 0 saturated carbocycles. The number of nitrogens with zero attached hydrogens (tertiary/aromatic N) is 1. The number of halogens is 1. The van der Waals surface area contributed by atoms with Gasteiger partial charge >= 0.3 is 5.97 Å². The highest BCUT2D eigenvalue weighted by molar-refractivity contribution is 7.96. The standard InChI is InChI=1S/C18H16FNO4S/c1-3-12-5-4-6-14(9-12)20-11-17(18(21)24-2)25(22,23)16-10-13(19)7-8-15(16)20/h4-11H,3H2,1-2H3. The van der Waals surface area contributed by atoms with E-state index in [1.165, 1.54) is 18.3 Å². The predicted octanol–water partition coefficient (Wildman–Crippen LogP) is 3.33. The van der Waals surface area contributed by atoms with Crippen molar-refractivity contribution in [2.75, 3.05) is 12.0 Å². The average molecular weight is 361 g/mol. The Morgan fingerprint density at radius 1 is 1.20 bits per heavy atom. The second-order valence-corrected chi connectivity index (χ2v) is 7.38. The van der Waals surface area contributed by atoms with E-state index in [1.54, 1.807) is 11.0 Å². The largest absolute Gasteiger partial charge is 0.465 e. The van der Waals surface area contributed by atoms with Gasteiger partial charge < -0.3 is 9.64 Å². The van der Waals surface area contributed by atoms with Crippen LogP contribution in [0.2, 0.25) is 0 Å². The smallest absolute Gasteiger partial charge is 0.351 e. The summed E-state index contributed by atoms with van der Waals surface area (Å²) in [6.07, 6.45) is 2.01. The Balaban J connectivity index is 2.28. The van der Waals surface area contributed by atoms with Gasteiger partial charge in [-0.25, -0.2) is 17.6 Å². The van der Waals surface area contributed by atoms with Gasteiger partial charge in [-0.3, -0.25) is 0 Å². The predicted molar refractivity (Wildman–Crippen MR) is 91.6 cm³/mol. The Kier molecular flexibility index (Phi) is 4.34. The van der Waals surface area contributed by atoms with Crippen molar-refractivity contribution in [2.45, 2.75) is 18.2 Å². The lowest BCUT2D eigenvalue weighted by atomic mass is 10.1. The Hall–Kier alpha value is -2.67. The van der Waals surface area contributed by atoms with Crippen LogP contribution in [0.4, 0.5) is 15.8 Å². The Bertz CT molecular complexity index is 982. The van der Waals surface area contributed by atoms with Crippen LogP contribution < -0.4 is 4.90 Å². The average Bonchev–Trinajstić information content (AvgIpc) is 2.61. The number of benzene rings is 2. The van der Waals surface area contributed by atoms with Crippen LogP contribution in [0.5, 0.6) is 0 Å². The van der Waals surface area contributed by atoms with E-state index in [2.05, 4.69) is 4.74 Å². The quantitative estimate of drug-likeness (QED) is 0.785. The molecule has 0 atom stereocenters. The molecule has 1 heterocycles. The lowest BCUT2D eigenvalue weighted by Gasteiger charge is -2.28. The molecule has 0 amide bonds. The van der Waals surface area contributed by atoms with Gasteiger partial charge in [0.2, 0.25) is 9.84 Å². The first kappa shape index (κ1) is 17.2. The fourth-order valence-corrected chi connectivity index (χ4v) is 4.17. The zero-order chi connectivity index (χ0) is 18.2. The van der Waals surface area contributed by atoms with E-state index in [9.17, 15) is 17.6 Å². The molecule has 0 aromatic heterocycles. The number of hydrogen-bond acceptors (Lipinski definition) is 5. The maximum atomic E-state index is 13.7. The van der Waals surface area contributed by atoms with Crippen LogP contribution in [0.1, 0.15) is 12.5 Å². The van der Waals surface area contributed by atoms with Crippen molar-refractivity contribution in [3.63, 3.8) is 0 Å². The number of carbonyl (C=O) groups excluding carboxylic acids is 1. The van der Waals surface area contributed by atoms with Gasteiger partial charge in [0.15, 0.2) is 4.91 Å². The molecule has 2 aromatic rings. The van der Waals surface area contributed by atoms with E-state index < -0.39 is 26.5 Å². The Morgan fingerprint density at radius 3 is 2.64 bits per heavy atom. The van der Waals surface area contributed by atoms with Gasteiger partial charge in [-0.1, -0.05) is 19.1 Å². The SMILES string of the molecule is CCc1cccc(N2C=C(C(=O)OC)S(=O)(=O)c3cc(F)ccc32)c1. The number of sulfone groups is 1. The van der Waals surface area contributed by atoms with Gasteiger partial charge in [-0.15, -0.1) is 0 Å². The number of methoxy groups -OCH3 is 1. The highest BCUT2D eigenvalue weighted by atomic mass is 32.2. The topological polar surface area (TPSA) is 63.7 Å². The summed E-state index contributed by atoms with van der Waals surface area (Å²) in [7, 11) is -3.07. The van der Waals surface area contributed by atoms with E-state index in [0.29, 0.717) is 5.69 Å². The first-order valence-electron chi connectivity index (χ1n) is 7.61. The summed E-state index contributed by atoms with van der Waals surface area (Å²) >= 11 is 0. The minimum atomic E-state index is -4.17. The third-order valence-electron chi connectivity index (χ3n) is 3.99. The van der Waals surface area contributed by atoms with Gasteiger partial charge in [0.1, 0.15) is 5.82 Å². The van der Waals surface area contributed by atoms with Crippen molar-refractivity contribution in [3.05, 3.63) is 65.0 Å². The molecule has 1 aliphatic heterocycles. The number of aryl methyl sites for hydroxylation is 1. The summed E-state index contributed by atoms with van der Waals surface area (Å²) in [5.41, 5.74) is 1.99. The minimum Gasteiger partial charge on any atom is -0.465 e. The fraction of sp³-hybridized carbons (Fsp3) is 0.167. The molecule has 0 bridgehead atoms. The maximum Gasteiger partial charge on any atom is 0.351 e. The molecular weight excluding hydrogens is 345 g/mol. The number of esters is 1. The maximum absolute atomic E-state index is 13.7. The molecular formula is C18H16FNO4S. The molecule has 5 nitrogen and oxygen atoms in total. The highest BCUT2D eigenvalue weighted by Crippen LogP contribution is 2.40. The van der Waals surface area contributed by atoms with Gasteiger partial charge in [0.25, 0.3) is 0 Å². The van der Waals surface area contributed by atoms with Crippen LogP contribution in [0.15, 0.2) is 58.5 Å². The second kappa shape index (κ2) is 6.33. The summed E-state index contributed by atoms with van der Waals surface area (Å²) in [5.74, 6) is -1.69. The number of hydrogen-bond donors (Lipinski definition) is 0. The summed E-state index contributed by atoms with van der Waals surface area (Å²) in [4.78, 5) is 12.7. The number of fused-ring (bicyclic) bond motifs is 1. The third kappa shape index (κ3) is 2.91. The van der Waals surface area contributed by atoms with Crippen LogP contribution in [0, 0.1) is 5.82 Å². The lowest BCUT2D eigenvalue weighted by Crippen LogP contribution is -2.26. The lowest BCUT2D eigenvalue weighted by molar-refractivity contribution is -0.135. The monoisotopic (exact) mass is 361 g/mol. The normalized spacial score (nSPS) is 15.3. The molecule has 0 radical (unpaired) electrons. The van der Waals surface area contributed by atoms with Crippen LogP contribution in [-0.4, -0.2) is 21.5 Å². The first-order valence-corrected chi connectivity index (χ1v) is 9.09. The fourth-order valence-electron chi connectivity index (χ4n) is 2.68. The summed E-state index contributed by atoms with van der Waals surface area (Å²) in [5, 5.41) is 0. The van der Waals surface area contributed by atoms with Gasteiger partial charge in [0.05, 0.1) is 17.7 Å². The molecule has 1 aliphatic rings. The molecule has 0 fully saturated rings. The van der Waals surface area contributed by atoms with Gasteiger partial charge in [-0.2, -0.15) is 0 Å². The number of anilines is 2. The second-order valence-electron chi connectivity index (χ2n) is 5.49. The molecule has 0 saturated heterocycles. The molecule has 3 rings (SSSR count). The molecule has 130 valence electrons. The van der Waals surface area contributed by atoms with E-state index in [1.807, 2.05) is 25.1 Å². The summed E-state index contributed by atoms with van der Waals surface area (Å²) < 4.78 is 43.7. The first-order chi connectivity index (χ1) is 11.9. The van der Waals surface area contributed by atoms with Crippen LogP contribution in [0.3, 0.4) is 0 Å². The number of rotatable bonds is 3. The van der Waals surface area contributed by atoms with Gasteiger partial charge in [0, 0.05) is 11.9 Å². The van der Waals surface area contributed by atoms with Crippen molar-refractivity contribution in [1.29, 1.82) is 0 Å². The number of ether oxygens (including phenoxy) is 1. The molecule has 0 unspecified atom stereocenters. The summed E-state index contributed by atoms with van der Waals surface area (Å²) in [6, 6.07) is 10.9. The van der Waals surface area contributed by atoms with E-state index >= 15 is 0 Å². The molecule has 25 heavy (non-hydrogen) atoms. The van der Waals surface area contributed by atoms with E-state index in [-0.39, 0.29) is 10.6 Å². The molecule has 0 N–H and O–H groups in total. The third-order valence-corrected chi connectivity index (χ3v) is 5.75. The van der Waals surface area contributed by atoms with Crippen molar-refractivity contribution in [1.82, 2.24) is 0 Å². The Labute approximate surface area is 145 Å². The molecule has 0 aliphatic carbocycles. The molecule has 2 aromatic carbocycles. The van der Waals surface area contributed by atoms with Crippen molar-refractivity contribution >= 4 is 27.2 Å². The molecule has 7 heteroatoms. The Morgan fingerprint density at radius 2 is 1.96 bits per heavy atom. The zero-order valence-electron chi connectivity index (χ0n) is 13.7. The van der Waals surface area contributed by atoms with Crippen LogP contribution >= 0.6 is 0 Å². The van der Waals surface area contributed by atoms with E-state index in [0.717, 1.165) is 25.2 Å². The highest BCUT2D eigenvalue weighted by Gasteiger charge is 2.36. The van der Waals surface area contributed by atoms with Gasteiger partial charge in [-0.05, 0) is 42.3 Å². The minimum absolute atomic E-state index is 0.266. The van der Waals surface area contributed by atoms with Crippen molar-refractivity contribution < 1.29 is 22.3 Å². The van der Waals surface area contributed by atoms with Crippen LogP contribution in [0.25, 0.3) is 0 Å². The van der Waals surface area contributed by atoms with E-state index in [4.69, 9.17) is 0 Å². The molecule has 0 spiro atoms. The summed E-state index contributed by atoms with van der Waals surface area (Å²) in [6.45, 7) is 2.00.